The molecule has 0 aliphatic carbocycles. The SMILES string of the molecule is Cc1cccc2[nH]c(=O)n(C3CCN(C)CC3)c12. The van der Waals surface area contributed by atoms with E-state index in [2.05, 4.69) is 29.9 Å². The number of piperidine rings is 1. The highest BCUT2D eigenvalue weighted by Gasteiger charge is 2.22. The fraction of sp³-hybridized carbons (Fsp3) is 0.500. The second kappa shape index (κ2) is 4.28. The minimum atomic E-state index is 0.0360. The Labute approximate surface area is 106 Å². The summed E-state index contributed by atoms with van der Waals surface area (Å²) >= 11 is 0. The molecule has 0 bridgehead atoms. The first-order chi connectivity index (χ1) is 8.66. The van der Waals surface area contributed by atoms with Gasteiger partial charge < -0.3 is 9.88 Å². The zero-order chi connectivity index (χ0) is 12.7. The van der Waals surface area contributed by atoms with Crippen molar-refractivity contribution in [3.63, 3.8) is 0 Å². The second-order valence-electron chi connectivity index (χ2n) is 5.31. The molecule has 1 saturated heterocycles. The van der Waals surface area contributed by atoms with E-state index in [1.807, 2.05) is 16.7 Å². The number of aromatic nitrogens is 2. The number of hydrogen-bond acceptors (Lipinski definition) is 2. The van der Waals surface area contributed by atoms with Crippen LogP contribution in [-0.4, -0.2) is 34.6 Å². The van der Waals surface area contributed by atoms with E-state index in [0.29, 0.717) is 6.04 Å². The molecule has 2 heterocycles. The number of H-pyrrole nitrogens is 1. The van der Waals surface area contributed by atoms with E-state index in [1.54, 1.807) is 0 Å². The Bertz CT molecular complexity index is 617. The fourth-order valence-electron chi connectivity index (χ4n) is 2.96. The van der Waals surface area contributed by atoms with Crippen LogP contribution in [0.3, 0.4) is 0 Å². The van der Waals surface area contributed by atoms with Gasteiger partial charge in [-0.3, -0.25) is 4.57 Å². The first-order valence-electron chi connectivity index (χ1n) is 6.55. The molecule has 1 aromatic carbocycles. The predicted molar refractivity (Wildman–Crippen MR) is 73.1 cm³/mol. The summed E-state index contributed by atoms with van der Waals surface area (Å²) in [5.74, 6) is 0. The normalized spacial score (nSPS) is 18.6. The van der Waals surface area contributed by atoms with Gasteiger partial charge in [-0.15, -0.1) is 0 Å². The molecule has 1 aromatic heterocycles. The molecule has 96 valence electrons. The van der Waals surface area contributed by atoms with Crippen LogP contribution in [0.4, 0.5) is 0 Å². The van der Waals surface area contributed by atoms with Gasteiger partial charge in [-0.25, -0.2) is 4.79 Å². The minimum absolute atomic E-state index is 0.0360. The average molecular weight is 245 g/mol. The molecular formula is C14H19N3O. The highest BCUT2D eigenvalue weighted by molar-refractivity contribution is 5.78. The maximum atomic E-state index is 12.2. The number of aryl methyl sites for hydroxylation is 1. The first-order valence-corrected chi connectivity index (χ1v) is 6.55. The molecule has 1 aliphatic rings. The van der Waals surface area contributed by atoms with E-state index in [0.717, 1.165) is 37.0 Å². The zero-order valence-electron chi connectivity index (χ0n) is 10.9. The number of fused-ring (bicyclic) bond motifs is 1. The molecule has 1 fully saturated rings. The van der Waals surface area contributed by atoms with Crippen molar-refractivity contribution < 1.29 is 0 Å². The van der Waals surface area contributed by atoms with Crippen LogP contribution in [0.1, 0.15) is 24.4 Å². The number of para-hydroxylation sites is 1. The Hall–Kier alpha value is -1.55. The third-order valence-corrected chi connectivity index (χ3v) is 3.99. The smallest absolute Gasteiger partial charge is 0.306 e. The van der Waals surface area contributed by atoms with Gasteiger partial charge in [0.25, 0.3) is 0 Å². The van der Waals surface area contributed by atoms with Crippen molar-refractivity contribution in [1.82, 2.24) is 14.5 Å². The van der Waals surface area contributed by atoms with E-state index in [9.17, 15) is 4.79 Å². The monoisotopic (exact) mass is 245 g/mol. The van der Waals surface area contributed by atoms with E-state index in [4.69, 9.17) is 0 Å². The van der Waals surface area contributed by atoms with Gasteiger partial charge in [0.1, 0.15) is 0 Å². The molecule has 18 heavy (non-hydrogen) atoms. The number of benzene rings is 1. The zero-order valence-corrected chi connectivity index (χ0v) is 10.9. The summed E-state index contributed by atoms with van der Waals surface area (Å²) in [5, 5.41) is 0. The quantitative estimate of drug-likeness (QED) is 0.833. The summed E-state index contributed by atoms with van der Waals surface area (Å²) in [5.41, 5.74) is 3.25. The molecule has 0 spiro atoms. The average Bonchev–Trinajstić information content (AvgIpc) is 2.68. The van der Waals surface area contributed by atoms with E-state index >= 15 is 0 Å². The van der Waals surface area contributed by atoms with Crippen LogP contribution in [-0.2, 0) is 0 Å². The molecule has 0 radical (unpaired) electrons. The predicted octanol–water partition coefficient (Wildman–Crippen LogP) is 1.90. The molecule has 0 atom stereocenters. The fourth-order valence-corrected chi connectivity index (χ4v) is 2.96. The van der Waals surface area contributed by atoms with Crippen molar-refractivity contribution in [3.05, 3.63) is 34.2 Å². The molecule has 2 aromatic rings. The van der Waals surface area contributed by atoms with Crippen molar-refractivity contribution in [1.29, 1.82) is 0 Å². The molecule has 0 saturated carbocycles. The van der Waals surface area contributed by atoms with Crippen molar-refractivity contribution in [2.24, 2.45) is 0 Å². The van der Waals surface area contributed by atoms with Crippen molar-refractivity contribution in [2.45, 2.75) is 25.8 Å². The van der Waals surface area contributed by atoms with Gasteiger partial charge in [0.05, 0.1) is 11.0 Å². The van der Waals surface area contributed by atoms with Crippen LogP contribution in [0.5, 0.6) is 0 Å². The molecule has 1 aliphatic heterocycles. The van der Waals surface area contributed by atoms with Gasteiger partial charge in [-0.1, -0.05) is 12.1 Å². The van der Waals surface area contributed by atoms with E-state index in [-0.39, 0.29) is 5.69 Å². The molecule has 4 heteroatoms. The lowest BCUT2D eigenvalue weighted by Crippen LogP contribution is -2.34. The van der Waals surface area contributed by atoms with E-state index < -0.39 is 0 Å². The number of nitrogens with one attached hydrogen (secondary N) is 1. The van der Waals surface area contributed by atoms with Crippen LogP contribution in [0, 0.1) is 6.92 Å². The molecule has 0 unspecified atom stereocenters. The largest absolute Gasteiger partial charge is 0.326 e. The highest BCUT2D eigenvalue weighted by Crippen LogP contribution is 2.25. The highest BCUT2D eigenvalue weighted by atomic mass is 16.1. The topological polar surface area (TPSA) is 41.0 Å². The molecule has 3 rings (SSSR count). The van der Waals surface area contributed by atoms with Crippen molar-refractivity contribution in [3.8, 4) is 0 Å². The third kappa shape index (κ3) is 1.77. The summed E-state index contributed by atoms with van der Waals surface area (Å²) in [7, 11) is 2.14. The number of aromatic amines is 1. The molecule has 1 N–H and O–H groups in total. The lowest BCUT2D eigenvalue weighted by molar-refractivity contribution is 0.221. The van der Waals surface area contributed by atoms with Crippen LogP contribution >= 0.6 is 0 Å². The third-order valence-electron chi connectivity index (χ3n) is 3.99. The van der Waals surface area contributed by atoms with Crippen LogP contribution in [0.2, 0.25) is 0 Å². The van der Waals surface area contributed by atoms with Gasteiger partial charge >= 0.3 is 5.69 Å². The minimum Gasteiger partial charge on any atom is -0.306 e. The maximum absolute atomic E-state index is 12.2. The van der Waals surface area contributed by atoms with Crippen LogP contribution < -0.4 is 5.69 Å². The summed E-state index contributed by atoms with van der Waals surface area (Å²) < 4.78 is 1.97. The first kappa shape index (κ1) is 11.5. The van der Waals surface area contributed by atoms with Gasteiger partial charge in [-0.05, 0) is 51.5 Å². The van der Waals surface area contributed by atoms with Gasteiger partial charge in [0.2, 0.25) is 0 Å². The number of imidazole rings is 1. The summed E-state index contributed by atoms with van der Waals surface area (Å²) in [6.07, 6.45) is 2.11. The number of hydrogen-bond donors (Lipinski definition) is 1. The standard InChI is InChI=1S/C14H19N3O/c1-10-4-3-5-12-13(10)17(14(18)15-12)11-6-8-16(2)9-7-11/h3-5,11H,6-9H2,1-2H3,(H,15,18). The lowest BCUT2D eigenvalue weighted by Gasteiger charge is -2.29. The molecule has 0 amide bonds. The Balaban J connectivity index is 2.11. The van der Waals surface area contributed by atoms with Gasteiger partial charge in [-0.2, -0.15) is 0 Å². The number of nitrogens with zero attached hydrogens (tertiary/aromatic N) is 2. The second-order valence-corrected chi connectivity index (χ2v) is 5.31. The Morgan fingerprint density at radius 3 is 2.72 bits per heavy atom. The number of likely N-dealkylation sites (tertiary alicyclic amines) is 1. The number of rotatable bonds is 1. The van der Waals surface area contributed by atoms with Gasteiger partial charge in [0.15, 0.2) is 0 Å². The van der Waals surface area contributed by atoms with Crippen molar-refractivity contribution >= 4 is 11.0 Å². The molecule has 4 nitrogen and oxygen atoms in total. The Kier molecular flexibility index (Phi) is 2.74. The Morgan fingerprint density at radius 2 is 2.00 bits per heavy atom. The Morgan fingerprint density at radius 1 is 1.28 bits per heavy atom. The van der Waals surface area contributed by atoms with Gasteiger partial charge in [0, 0.05) is 6.04 Å². The molecular weight excluding hydrogens is 226 g/mol. The summed E-state index contributed by atoms with van der Waals surface area (Å²) in [4.78, 5) is 17.5. The maximum Gasteiger partial charge on any atom is 0.326 e. The summed E-state index contributed by atoms with van der Waals surface area (Å²) in [6.45, 7) is 4.20. The lowest BCUT2D eigenvalue weighted by atomic mass is 10.0. The van der Waals surface area contributed by atoms with Crippen molar-refractivity contribution in [2.75, 3.05) is 20.1 Å². The van der Waals surface area contributed by atoms with E-state index in [1.165, 1.54) is 5.56 Å². The van der Waals surface area contributed by atoms with Crippen LogP contribution in [0.15, 0.2) is 23.0 Å². The van der Waals surface area contributed by atoms with Crippen LogP contribution in [0.25, 0.3) is 11.0 Å². The summed E-state index contributed by atoms with van der Waals surface area (Å²) in [6, 6.07) is 6.38.